The van der Waals surface area contributed by atoms with E-state index in [1.165, 1.54) is 6.20 Å². The highest BCUT2D eigenvalue weighted by Crippen LogP contribution is 1.98. The number of carbonyl (C=O) groups excluding carboxylic acids is 1. The Bertz CT molecular complexity index is 395. The molecule has 0 aliphatic heterocycles. The molecule has 1 aromatic heterocycles. The molecule has 0 unspecified atom stereocenters. The number of amides is 1. The van der Waals surface area contributed by atoms with E-state index in [1.807, 2.05) is 6.07 Å². The third-order valence-corrected chi connectivity index (χ3v) is 2.19. The minimum atomic E-state index is -0.216. The number of nitrogens with one attached hydrogen (secondary N) is 1. The number of methoxy groups -OCH3 is 1. The van der Waals surface area contributed by atoms with Crippen LogP contribution in [0.5, 0.6) is 0 Å². The van der Waals surface area contributed by atoms with Crippen LogP contribution in [0.3, 0.4) is 0 Å². The first-order valence-corrected chi connectivity index (χ1v) is 5.41. The van der Waals surface area contributed by atoms with Crippen molar-refractivity contribution in [1.29, 1.82) is 5.26 Å². The Kier molecular flexibility index (Phi) is 5.69. The fourth-order valence-corrected chi connectivity index (χ4v) is 1.26. The second-order valence-electron chi connectivity index (χ2n) is 3.50. The van der Waals surface area contributed by atoms with Crippen LogP contribution in [0.25, 0.3) is 0 Å². The number of aromatic nitrogens is 1. The average Bonchev–Trinajstić information content (AvgIpc) is 2.38. The number of nitriles is 1. The van der Waals surface area contributed by atoms with Crippen molar-refractivity contribution < 1.29 is 9.53 Å². The Labute approximate surface area is 100 Å². The predicted octanol–water partition coefficient (Wildman–Crippen LogP) is 1.11. The summed E-state index contributed by atoms with van der Waals surface area (Å²) < 4.78 is 4.90. The van der Waals surface area contributed by atoms with E-state index in [4.69, 9.17) is 10.00 Å². The Hall–Kier alpha value is -1.93. The molecule has 5 heteroatoms. The number of carbonyl (C=O) groups is 1. The summed E-state index contributed by atoms with van der Waals surface area (Å²) in [6.45, 7) is 1.30. The molecule has 1 heterocycles. The molecule has 90 valence electrons. The second kappa shape index (κ2) is 7.36. The molecule has 1 rings (SSSR count). The summed E-state index contributed by atoms with van der Waals surface area (Å²) >= 11 is 0. The highest BCUT2D eigenvalue weighted by atomic mass is 16.5. The molecule has 1 aromatic rings. The fraction of sp³-hybridized carbons (Fsp3) is 0.417. The number of unbranched alkanes of at least 4 members (excludes halogenated alkanes) is 1. The van der Waals surface area contributed by atoms with Crippen LogP contribution < -0.4 is 5.32 Å². The van der Waals surface area contributed by atoms with Crippen LogP contribution in [0, 0.1) is 11.3 Å². The zero-order chi connectivity index (χ0) is 12.5. The van der Waals surface area contributed by atoms with Crippen LogP contribution in [0.4, 0.5) is 0 Å². The van der Waals surface area contributed by atoms with Gasteiger partial charge in [0.15, 0.2) is 0 Å². The lowest BCUT2D eigenvalue weighted by Crippen LogP contribution is -2.25. The Balaban J connectivity index is 2.34. The quantitative estimate of drug-likeness (QED) is 0.747. The highest BCUT2D eigenvalue weighted by molar-refractivity contribution is 5.92. The number of pyridine rings is 1. The zero-order valence-corrected chi connectivity index (χ0v) is 9.77. The van der Waals surface area contributed by atoms with Gasteiger partial charge in [0.05, 0.1) is 5.56 Å². The fourth-order valence-electron chi connectivity index (χ4n) is 1.26. The lowest BCUT2D eigenvalue weighted by atomic mass is 10.2. The summed E-state index contributed by atoms with van der Waals surface area (Å²) in [5.41, 5.74) is 0.775. The third-order valence-electron chi connectivity index (χ3n) is 2.19. The molecule has 0 aliphatic carbocycles. The molecule has 0 aliphatic rings. The molecular formula is C12H15N3O2. The second-order valence-corrected chi connectivity index (χ2v) is 3.50. The van der Waals surface area contributed by atoms with E-state index in [0.29, 0.717) is 24.4 Å². The van der Waals surface area contributed by atoms with E-state index < -0.39 is 0 Å². The first-order chi connectivity index (χ1) is 8.27. The van der Waals surface area contributed by atoms with Gasteiger partial charge in [0.1, 0.15) is 11.8 Å². The Morgan fingerprint density at radius 1 is 1.53 bits per heavy atom. The number of hydrogen-bond acceptors (Lipinski definition) is 4. The molecule has 1 amide bonds. The lowest BCUT2D eigenvalue weighted by Gasteiger charge is -2.04. The smallest absolute Gasteiger partial charge is 0.269 e. The molecule has 0 radical (unpaired) electrons. The lowest BCUT2D eigenvalue weighted by molar-refractivity contribution is 0.0946. The molecule has 0 fully saturated rings. The maximum absolute atomic E-state index is 11.6. The number of ether oxygens (including phenoxy) is 1. The van der Waals surface area contributed by atoms with Crippen LogP contribution >= 0.6 is 0 Å². The van der Waals surface area contributed by atoms with Crippen molar-refractivity contribution in [3.8, 4) is 6.07 Å². The van der Waals surface area contributed by atoms with Crippen molar-refractivity contribution in [3.63, 3.8) is 0 Å². The molecule has 1 N–H and O–H groups in total. The summed E-state index contributed by atoms with van der Waals surface area (Å²) in [5.74, 6) is -0.216. The number of hydrogen-bond donors (Lipinski definition) is 1. The summed E-state index contributed by atoms with van der Waals surface area (Å²) in [6.07, 6.45) is 3.17. The maximum Gasteiger partial charge on any atom is 0.269 e. The van der Waals surface area contributed by atoms with Crippen LogP contribution in [-0.2, 0) is 4.74 Å². The molecular weight excluding hydrogens is 218 g/mol. The van der Waals surface area contributed by atoms with Crippen LogP contribution in [0.1, 0.15) is 28.9 Å². The normalized spacial score (nSPS) is 9.65. The summed E-state index contributed by atoms with van der Waals surface area (Å²) in [7, 11) is 1.65. The topological polar surface area (TPSA) is 75.0 Å². The largest absolute Gasteiger partial charge is 0.385 e. The van der Waals surface area contributed by atoms with Crippen molar-refractivity contribution in [2.24, 2.45) is 0 Å². The molecule has 5 nitrogen and oxygen atoms in total. The van der Waals surface area contributed by atoms with E-state index in [2.05, 4.69) is 10.3 Å². The van der Waals surface area contributed by atoms with E-state index in [0.717, 1.165) is 12.8 Å². The summed E-state index contributed by atoms with van der Waals surface area (Å²) in [6, 6.07) is 5.07. The van der Waals surface area contributed by atoms with Gasteiger partial charge in [0, 0.05) is 26.5 Å². The van der Waals surface area contributed by atoms with E-state index in [-0.39, 0.29) is 5.91 Å². The van der Waals surface area contributed by atoms with E-state index in [1.54, 1.807) is 19.2 Å². The molecule has 0 aromatic carbocycles. The number of rotatable bonds is 6. The van der Waals surface area contributed by atoms with Crippen LogP contribution in [0.15, 0.2) is 18.3 Å². The van der Waals surface area contributed by atoms with Gasteiger partial charge >= 0.3 is 0 Å². The molecule has 0 saturated carbocycles. The van der Waals surface area contributed by atoms with Gasteiger partial charge in [0.25, 0.3) is 5.91 Å². The van der Waals surface area contributed by atoms with Crippen molar-refractivity contribution in [2.45, 2.75) is 12.8 Å². The minimum Gasteiger partial charge on any atom is -0.385 e. The van der Waals surface area contributed by atoms with Crippen LogP contribution in [-0.4, -0.2) is 31.2 Å². The predicted molar refractivity (Wildman–Crippen MR) is 62.4 cm³/mol. The van der Waals surface area contributed by atoms with Gasteiger partial charge in [-0.25, -0.2) is 4.98 Å². The van der Waals surface area contributed by atoms with Crippen molar-refractivity contribution in [1.82, 2.24) is 10.3 Å². The van der Waals surface area contributed by atoms with Crippen LogP contribution in [0.2, 0.25) is 0 Å². The van der Waals surface area contributed by atoms with Gasteiger partial charge in [-0.2, -0.15) is 5.26 Å². The van der Waals surface area contributed by atoms with Gasteiger partial charge < -0.3 is 10.1 Å². The monoisotopic (exact) mass is 233 g/mol. The molecule has 0 saturated heterocycles. The van der Waals surface area contributed by atoms with E-state index in [9.17, 15) is 4.79 Å². The molecule has 17 heavy (non-hydrogen) atoms. The van der Waals surface area contributed by atoms with Crippen molar-refractivity contribution in [3.05, 3.63) is 29.6 Å². The SMILES string of the molecule is COCCCCNC(=O)c1ccc(C#N)cn1. The summed E-state index contributed by atoms with van der Waals surface area (Å²) in [4.78, 5) is 15.5. The maximum atomic E-state index is 11.6. The van der Waals surface area contributed by atoms with Gasteiger partial charge in [0.2, 0.25) is 0 Å². The Morgan fingerprint density at radius 2 is 2.35 bits per heavy atom. The molecule has 0 atom stereocenters. The number of nitrogens with zero attached hydrogens (tertiary/aromatic N) is 2. The third kappa shape index (κ3) is 4.62. The standard InChI is InChI=1S/C12H15N3O2/c1-17-7-3-2-6-14-12(16)11-5-4-10(8-13)9-15-11/h4-5,9H,2-3,6-7H2,1H3,(H,14,16). The minimum absolute atomic E-state index is 0.216. The van der Waals surface area contributed by atoms with Crippen molar-refractivity contribution in [2.75, 3.05) is 20.3 Å². The van der Waals surface area contributed by atoms with Gasteiger partial charge in [-0.1, -0.05) is 0 Å². The van der Waals surface area contributed by atoms with Crippen molar-refractivity contribution >= 4 is 5.91 Å². The molecule has 0 spiro atoms. The molecule has 0 bridgehead atoms. The van der Waals surface area contributed by atoms with Gasteiger partial charge in [-0.3, -0.25) is 4.79 Å². The Morgan fingerprint density at radius 3 is 2.94 bits per heavy atom. The highest BCUT2D eigenvalue weighted by Gasteiger charge is 2.05. The van der Waals surface area contributed by atoms with Gasteiger partial charge in [-0.15, -0.1) is 0 Å². The summed E-state index contributed by atoms with van der Waals surface area (Å²) in [5, 5.41) is 11.3. The first-order valence-electron chi connectivity index (χ1n) is 5.41. The van der Waals surface area contributed by atoms with Gasteiger partial charge in [-0.05, 0) is 25.0 Å². The van der Waals surface area contributed by atoms with E-state index >= 15 is 0 Å². The first kappa shape index (κ1) is 13.1. The zero-order valence-electron chi connectivity index (χ0n) is 9.77. The average molecular weight is 233 g/mol.